The molecule has 0 bridgehead atoms. The summed E-state index contributed by atoms with van der Waals surface area (Å²) < 4.78 is 14.6. The number of hydrogen-bond donors (Lipinski definition) is 2. The maximum absolute atomic E-state index is 13.0. The fourth-order valence-corrected chi connectivity index (χ4v) is 4.20. The number of rotatable bonds is 4. The van der Waals surface area contributed by atoms with Gasteiger partial charge in [-0.25, -0.2) is 14.2 Å². The number of benzene rings is 1. The van der Waals surface area contributed by atoms with Crippen LogP contribution in [-0.4, -0.2) is 49.9 Å². The van der Waals surface area contributed by atoms with E-state index in [0.29, 0.717) is 42.1 Å². The molecule has 3 heterocycles. The summed E-state index contributed by atoms with van der Waals surface area (Å²) in [5.41, 5.74) is 2.22. The maximum atomic E-state index is 13.0. The van der Waals surface area contributed by atoms with E-state index >= 15 is 0 Å². The zero-order valence-corrected chi connectivity index (χ0v) is 19.7. The predicted octanol–water partition coefficient (Wildman–Crippen LogP) is 4.42. The van der Waals surface area contributed by atoms with Gasteiger partial charge in [-0.2, -0.15) is 5.10 Å². The smallest absolute Gasteiger partial charge is 0.407 e. The molecule has 1 aliphatic rings. The van der Waals surface area contributed by atoms with Crippen molar-refractivity contribution in [2.75, 3.05) is 18.4 Å². The van der Waals surface area contributed by atoms with Crippen LogP contribution in [0.15, 0.2) is 42.7 Å². The van der Waals surface area contributed by atoms with Crippen molar-refractivity contribution in [2.24, 2.45) is 5.92 Å². The Kier molecular flexibility index (Phi) is 7.32. The summed E-state index contributed by atoms with van der Waals surface area (Å²) in [5, 5.41) is 16.5. The van der Waals surface area contributed by atoms with Crippen LogP contribution < -0.4 is 5.32 Å². The Morgan fingerprint density at radius 2 is 1.97 bits per heavy atom. The summed E-state index contributed by atoms with van der Waals surface area (Å²) in [6.45, 7) is 3.07. The summed E-state index contributed by atoms with van der Waals surface area (Å²) in [5.74, 6) is 5.53. The number of amides is 2. The van der Waals surface area contributed by atoms with E-state index < -0.39 is 12.0 Å². The molecule has 10 heteroatoms. The summed E-state index contributed by atoms with van der Waals surface area (Å²) in [6, 6.07) is 7.67. The molecule has 0 radical (unpaired) electrons. The van der Waals surface area contributed by atoms with Crippen LogP contribution in [0.25, 0.3) is 0 Å². The normalized spacial score (nSPS) is 15.3. The van der Waals surface area contributed by atoms with Gasteiger partial charge in [0.25, 0.3) is 5.91 Å². The minimum Gasteiger partial charge on any atom is -0.465 e. The monoisotopic (exact) mass is 495 g/mol. The fraction of sp³-hybridized carbons (Fsp3) is 0.280. The van der Waals surface area contributed by atoms with Gasteiger partial charge >= 0.3 is 6.09 Å². The van der Waals surface area contributed by atoms with Gasteiger partial charge in [0.1, 0.15) is 17.3 Å². The number of halogens is 2. The van der Waals surface area contributed by atoms with E-state index in [4.69, 9.17) is 11.6 Å². The zero-order chi connectivity index (χ0) is 24.9. The number of anilines is 1. The molecule has 35 heavy (non-hydrogen) atoms. The number of hydrogen-bond acceptors (Lipinski definition) is 4. The quantitative estimate of drug-likeness (QED) is 0.522. The van der Waals surface area contributed by atoms with Gasteiger partial charge in [0.2, 0.25) is 0 Å². The van der Waals surface area contributed by atoms with Gasteiger partial charge < -0.3 is 15.3 Å². The second-order valence-corrected chi connectivity index (χ2v) is 8.77. The number of carboxylic acid groups (broad SMARTS) is 1. The van der Waals surface area contributed by atoms with E-state index in [1.807, 2.05) is 0 Å². The number of likely N-dealkylation sites (tertiary alicyclic amines) is 1. The van der Waals surface area contributed by atoms with Gasteiger partial charge in [-0.3, -0.25) is 9.48 Å². The van der Waals surface area contributed by atoms with Gasteiger partial charge in [0.05, 0.1) is 11.2 Å². The molecule has 1 unspecified atom stereocenters. The lowest BCUT2D eigenvalue weighted by Gasteiger charge is -2.30. The minimum atomic E-state index is -0.946. The molecule has 3 aromatic rings. The molecule has 1 fully saturated rings. The zero-order valence-electron chi connectivity index (χ0n) is 19.0. The van der Waals surface area contributed by atoms with Gasteiger partial charge in [0.15, 0.2) is 0 Å². The number of aromatic nitrogens is 3. The highest BCUT2D eigenvalue weighted by Gasteiger charge is 2.26. The van der Waals surface area contributed by atoms with Crippen LogP contribution in [0.3, 0.4) is 0 Å². The van der Waals surface area contributed by atoms with Crippen molar-refractivity contribution in [3.8, 4) is 11.8 Å². The minimum absolute atomic E-state index is 0.0289. The van der Waals surface area contributed by atoms with Crippen LogP contribution in [0.1, 0.15) is 40.0 Å². The average Bonchev–Trinajstić information content (AvgIpc) is 3.20. The molecular formula is C25H23ClFN5O3. The van der Waals surface area contributed by atoms with E-state index in [9.17, 15) is 19.1 Å². The largest absolute Gasteiger partial charge is 0.465 e. The lowest BCUT2D eigenvalue weighted by molar-refractivity contribution is 0.0999. The number of nitrogens with one attached hydrogen (secondary N) is 1. The molecule has 1 atom stereocenters. The van der Waals surface area contributed by atoms with Crippen molar-refractivity contribution in [3.05, 3.63) is 75.9 Å². The van der Waals surface area contributed by atoms with Crippen molar-refractivity contribution in [1.29, 1.82) is 0 Å². The molecule has 1 saturated heterocycles. The first-order valence-electron chi connectivity index (χ1n) is 11.0. The van der Waals surface area contributed by atoms with Crippen LogP contribution in [0.4, 0.5) is 15.0 Å². The molecule has 1 aliphatic heterocycles. The Bertz CT molecular complexity index is 1310. The standard InChI is InChI=1S/C25H23ClFN5O3/c1-16-11-18(5-4-17-6-8-20(27)9-7-17)12-28-23(16)30-24(33)22-21(26)13-29-32(22)15-19-3-2-10-31(14-19)25(34)35/h6-9,11-13,19H,2-3,10,14-15H2,1H3,(H,34,35)(H,28,30,33). The first-order valence-corrected chi connectivity index (χ1v) is 11.4. The molecule has 8 nitrogen and oxygen atoms in total. The Morgan fingerprint density at radius 3 is 2.69 bits per heavy atom. The second kappa shape index (κ2) is 10.6. The van der Waals surface area contributed by atoms with E-state index in [0.717, 1.165) is 12.8 Å². The number of piperidine rings is 1. The van der Waals surface area contributed by atoms with Crippen molar-refractivity contribution in [1.82, 2.24) is 19.7 Å². The SMILES string of the molecule is Cc1cc(C#Cc2ccc(F)cc2)cnc1NC(=O)c1c(Cl)cnn1CC1CCCN(C(=O)O)C1. The number of nitrogens with zero attached hydrogens (tertiary/aromatic N) is 4. The Labute approximate surface area is 206 Å². The van der Waals surface area contributed by atoms with Crippen molar-refractivity contribution in [3.63, 3.8) is 0 Å². The average molecular weight is 496 g/mol. The Balaban J connectivity index is 1.46. The third kappa shape index (κ3) is 5.97. The second-order valence-electron chi connectivity index (χ2n) is 8.36. The van der Waals surface area contributed by atoms with Gasteiger partial charge in [-0.15, -0.1) is 0 Å². The topological polar surface area (TPSA) is 100 Å². The number of pyridine rings is 1. The molecule has 0 spiro atoms. The molecule has 1 aromatic carbocycles. The lowest BCUT2D eigenvalue weighted by Crippen LogP contribution is -2.40. The van der Waals surface area contributed by atoms with Gasteiger partial charge in [-0.05, 0) is 61.6 Å². The third-order valence-electron chi connectivity index (χ3n) is 5.74. The molecule has 2 amide bonds. The number of carbonyl (C=O) groups is 2. The van der Waals surface area contributed by atoms with E-state index in [1.165, 1.54) is 27.9 Å². The third-order valence-corrected chi connectivity index (χ3v) is 6.01. The first kappa shape index (κ1) is 24.2. The van der Waals surface area contributed by atoms with Gasteiger partial charge in [-0.1, -0.05) is 23.4 Å². The molecular weight excluding hydrogens is 473 g/mol. The summed E-state index contributed by atoms with van der Waals surface area (Å²) in [6.07, 6.45) is 3.60. The first-order chi connectivity index (χ1) is 16.8. The molecule has 180 valence electrons. The maximum Gasteiger partial charge on any atom is 0.407 e. The van der Waals surface area contributed by atoms with Crippen LogP contribution in [0.2, 0.25) is 5.02 Å². The lowest BCUT2D eigenvalue weighted by atomic mass is 9.98. The highest BCUT2D eigenvalue weighted by atomic mass is 35.5. The Morgan fingerprint density at radius 1 is 1.23 bits per heavy atom. The van der Waals surface area contributed by atoms with Crippen LogP contribution >= 0.6 is 11.6 Å². The summed E-state index contributed by atoms with van der Waals surface area (Å²) in [4.78, 5) is 30.1. The van der Waals surface area contributed by atoms with Crippen LogP contribution in [-0.2, 0) is 6.54 Å². The molecule has 2 N–H and O–H groups in total. The highest BCUT2D eigenvalue weighted by Crippen LogP contribution is 2.23. The summed E-state index contributed by atoms with van der Waals surface area (Å²) >= 11 is 6.27. The van der Waals surface area contributed by atoms with Crippen molar-refractivity contribution >= 4 is 29.4 Å². The van der Waals surface area contributed by atoms with Crippen molar-refractivity contribution in [2.45, 2.75) is 26.3 Å². The predicted molar refractivity (Wildman–Crippen MR) is 129 cm³/mol. The number of carbonyl (C=O) groups excluding carboxylic acids is 1. The summed E-state index contributed by atoms with van der Waals surface area (Å²) in [7, 11) is 0. The highest BCUT2D eigenvalue weighted by molar-refractivity contribution is 6.34. The molecule has 0 saturated carbocycles. The molecule has 0 aliphatic carbocycles. The number of aryl methyl sites for hydroxylation is 1. The van der Waals surface area contributed by atoms with Crippen LogP contribution in [0, 0.1) is 30.5 Å². The van der Waals surface area contributed by atoms with Gasteiger partial charge in [0, 0.05) is 37.0 Å². The van der Waals surface area contributed by atoms with Crippen molar-refractivity contribution < 1.29 is 19.1 Å². The van der Waals surface area contributed by atoms with E-state index in [2.05, 4.69) is 27.2 Å². The van der Waals surface area contributed by atoms with Crippen LogP contribution in [0.5, 0.6) is 0 Å². The molecule has 4 rings (SSSR count). The fourth-order valence-electron chi connectivity index (χ4n) is 3.98. The Hall–Kier alpha value is -3.90. The molecule has 2 aromatic heterocycles. The van der Waals surface area contributed by atoms with E-state index in [-0.39, 0.29) is 22.5 Å². The van der Waals surface area contributed by atoms with E-state index in [1.54, 1.807) is 31.3 Å².